The van der Waals surface area contributed by atoms with Crippen LogP contribution < -0.4 is 5.32 Å². The van der Waals surface area contributed by atoms with E-state index in [4.69, 9.17) is 4.74 Å². The number of anilines is 1. The van der Waals surface area contributed by atoms with Crippen molar-refractivity contribution in [3.05, 3.63) is 76.2 Å². The molecule has 1 amide bonds. The Labute approximate surface area is 201 Å². The maximum atomic E-state index is 14.7. The number of aromatic nitrogens is 2. The summed E-state index contributed by atoms with van der Waals surface area (Å²) in [6, 6.07) is 7.33. The number of aryl methyl sites for hydroxylation is 1. The van der Waals surface area contributed by atoms with Gasteiger partial charge in [0.25, 0.3) is 0 Å². The highest BCUT2D eigenvalue weighted by atomic mass is 32.1. The van der Waals surface area contributed by atoms with Gasteiger partial charge in [0, 0.05) is 22.9 Å². The third kappa shape index (κ3) is 5.14. The Kier molecular flexibility index (Phi) is 7.06. The molecule has 2 N–H and O–H groups in total. The van der Waals surface area contributed by atoms with Gasteiger partial charge in [-0.15, -0.1) is 11.3 Å². The van der Waals surface area contributed by atoms with Crippen LogP contribution in [0.15, 0.2) is 41.8 Å². The second kappa shape index (κ2) is 10.2. The summed E-state index contributed by atoms with van der Waals surface area (Å²) in [5.41, 5.74) is 0.858. The van der Waals surface area contributed by atoms with E-state index in [1.165, 1.54) is 34.2 Å². The van der Waals surface area contributed by atoms with Crippen molar-refractivity contribution in [1.29, 1.82) is 0 Å². The monoisotopic (exact) mass is 503 g/mol. The van der Waals surface area contributed by atoms with Crippen LogP contribution in [-0.4, -0.2) is 33.1 Å². The standard InChI is InChI=1S/C24H20F3N3O4S/c1-2-34-23(33)17-12-35-24(28-17)29-19(31)10-9-18-20-15(26)7-8-16(27)21(20)22(32)30(18)11-13-3-5-14(25)6-4-13/h3-8,12,32H,2,9-11H2,1H3,(H,28,29,31). The van der Waals surface area contributed by atoms with Crippen molar-refractivity contribution in [3.8, 4) is 5.88 Å². The SMILES string of the molecule is CCOC(=O)c1csc(NC(=O)CCc2c3c(F)ccc(F)c3c(O)n2Cc2ccc(F)cc2)n1. The fourth-order valence-electron chi connectivity index (χ4n) is 3.70. The Morgan fingerprint density at radius 2 is 1.77 bits per heavy atom. The second-order valence-electron chi connectivity index (χ2n) is 7.57. The van der Waals surface area contributed by atoms with Crippen molar-refractivity contribution in [2.45, 2.75) is 26.3 Å². The number of halogens is 3. The van der Waals surface area contributed by atoms with Gasteiger partial charge < -0.3 is 19.7 Å². The quantitative estimate of drug-likeness (QED) is 0.330. The van der Waals surface area contributed by atoms with Crippen LogP contribution in [0, 0.1) is 17.5 Å². The molecule has 7 nitrogen and oxygen atoms in total. The predicted octanol–water partition coefficient (Wildman–Crippen LogP) is 5.02. The molecule has 2 aromatic heterocycles. The molecule has 0 aliphatic heterocycles. The Balaban J connectivity index is 1.59. The van der Waals surface area contributed by atoms with E-state index in [2.05, 4.69) is 10.3 Å². The first kappa shape index (κ1) is 24.3. The average molecular weight is 504 g/mol. The van der Waals surface area contributed by atoms with Crippen molar-refractivity contribution < 1.29 is 32.6 Å². The van der Waals surface area contributed by atoms with E-state index in [9.17, 15) is 27.9 Å². The maximum absolute atomic E-state index is 14.7. The first-order valence-corrected chi connectivity index (χ1v) is 11.5. The van der Waals surface area contributed by atoms with Crippen LogP contribution in [-0.2, 0) is 22.5 Å². The molecule has 0 aliphatic carbocycles. The number of hydrogen-bond donors (Lipinski definition) is 2. The summed E-state index contributed by atoms with van der Waals surface area (Å²) in [6.45, 7) is 1.86. The molecular weight excluding hydrogens is 483 g/mol. The van der Waals surface area contributed by atoms with Crippen molar-refractivity contribution in [2.75, 3.05) is 11.9 Å². The molecule has 4 rings (SSSR count). The minimum atomic E-state index is -0.809. The number of ether oxygens (including phenoxy) is 1. The number of aromatic hydroxyl groups is 1. The largest absolute Gasteiger partial charge is 0.494 e. The van der Waals surface area contributed by atoms with Gasteiger partial charge >= 0.3 is 5.97 Å². The topological polar surface area (TPSA) is 93.5 Å². The maximum Gasteiger partial charge on any atom is 0.357 e. The number of fused-ring (bicyclic) bond motifs is 1. The zero-order valence-corrected chi connectivity index (χ0v) is 19.3. The summed E-state index contributed by atoms with van der Waals surface area (Å²) in [7, 11) is 0. The molecule has 0 bridgehead atoms. The number of esters is 1. The lowest BCUT2D eigenvalue weighted by Gasteiger charge is -2.11. The summed E-state index contributed by atoms with van der Waals surface area (Å²) >= 11 is 1.04. The highest BCUT2D eigenvalue weighted by Gasteiger charge is 2.23. The van der Waals surface area contributed by atoms with E-state index in [0.29, 0.717) is 5.56 Å². The molecule has 0 unspecified atom stereocenters. The highest BCUT2D eigenvalue weighted by molar-refractivity contribution is 7.14. The first-order chi connectivity index (χ1) is 16.8. The minimum absolute atomic E-state index is 0.00596. The number of amides is 1. The number of benzene rings is 2. The predicted molar refractivity (Wildman–Crippen MR) is 124 cm³/mol. The Hall–Kier alpha value is -3.86. The van der Waals surface area contributed by atoms with E-state index in [0.717, 1.165) is 23.5 Å². The van der Waals surface area contributed by atoms with E-state index in [1.807, 2.05) is 0 Å². The zero-order chi connectivity index (χ0) is 25.1. The lowest BCUT2D eigenvalue weighted by atomic mass is 10.1. The summed E-state index contributed by atoms with van der Waals surface area (Å²) in [4.78, 5) is 28.3. The third-order valence-corrected chi connectivity index (χ3v) is 6.03. The molecule has 0 saturated carbocycles. The summed E-state index contributed by atoms with van der Waals surface area (Å²) in [5, 5.41) is 14.5. The molecule has 182 valence electrons. The van der Waals surface area contributed by atoms with Gasteiger partial charge in [0.1, 0.15) is 17.5 Å². The van der Waals surface area contributed by atoms with Crippen molar-refractivity contribution in [3.63, 3.8) is 0 Å². The average Bonchev–Trinajstić information content (AvgIpc) is 3.40. The van der Waals surface area contributed by atoms with E-state index < -0.39 is 35.2 Å². The number of carbonyl (C=O) groups excluding carboxylic acids is 2. The molecular formula is C24H20F3N3O4S. The summed E-state index contributed by atoms with van der Waals surface area (Å²) in [6.07, 6.45) is -0.188. The lowest BCUT2D eigenvalue weighted by Crippen LogP contribution is -2.14. The van der Waals surface area contributed by atoms with E-state index in [-0.39, 0.29) is 53.3 Å². The molecule has 0 atom stereocenters. The highest BCUT2D eigenvalue weighted by Crippen LogP contribution is 2.36. The van der Waals surface area contributed by atoms with E-state index in [1.54, 1.807) is 6.92 Å². The Morgan fingerprint density at radius 1 is 1.09 bits per heavy atom. The number of hydrogen-bond acceptors (Lipinski definition) is 6. The molecule has 2 heterocycles. The molecule has 2 aromatic carbocycles. The number of nitrogens with zero attached hydrogens (tertiary/aromatic N) is 2. The molecule has 0 aliphatic rings. The number of rotatable bonds is 8. The normalized spacial score (nSPS) is 11.1. The molecule has 0 spiro atoms. The van der Waals surface area contributed by atoms with Gasteiger partial charge in [-0.3, -0.25) is 4.79 Å². The summed E-state index contributed by atoms with van der Waals surface area (Å²) in [5.74, 6) is -3.58. The van der Waals surface area contributed by atoms with Gasteiger partial charge in [0.15, 0.2) is 10.8 Å². The van der Waals surface area contributed by atoms with Gasteiger partial charge in [0.2, 0.25) is 11.8 Å². The summed E-state index contributed by atoms with van der Waals surface area (Å²) < 4.78 is 48.7. The van der Waals surface area contributed by atoms with Crippen LogP contribution in [0.1, 0.15) is 35.1 Å². The molecule has 4 aromatic rings. The van der Waals surface area contributed by atoms with Crippen LogP contribution in [0.4, 0.5) is 18.3 Å². The lowest BCUT2D eigenvalue weighted by molar-refractivity contribution is -0.116. The molecule has 11 heteroatoms. The molecule has 0 fully saturated rings. The van der Waals surface area contributed by atoms with Crippen molar-refractivity contribution in [2.24, 2.45) is 0 Å². The zero-order valence-electron chi connectivity index (χ0n) is 18.5. The van der Waals surface area contributed by atoms with Crippen molar-refractivity contribution >= 4 is 39.1 Å². The fraction of sp³-hybridized carbons (Fsp3) is 0.208. The molecule has 0 radical (unpaired) electrons. The van der Waals surface area contributed by atoms with E-state index >= 15 is 0 Å². The van der Waals surface area contributed by atoms with Crippen LogP contribution in [0.25, 0.3) is 10.8 Å². The Morgan fingerprint density at radius 3 is 2.46 bits per heavy atom. The fourth-order valence-corrected chi connectivity index (χ4v) is 4.39. The number of carbonyl (C=O) groups is 2. The Bertz CT molecular complexity index is 1400. The smallest absolute Gasteiger partial charge is 0.357 e. The third-order valence-electron chi connectivity index (χ3n) is 5.28. The number of nitrogens with one attached hydrogen (secondary N) is 1. The van der Waals surface area contributed by atoms with Crippen molar-refractivity contribution in [1.82, 2.24) is 9.55 Å². The number of thiazole rings is 1. The first-order valence-electron chi connectivity index (χ1n) is 10.6. The van der Waals surface area contributed by atoms with Gasteiger partial charge in [0.05, 0.1) is 18.5 Å². The second-order valence-corrected chi connectivity index (χ2v) is 8.43. The van der Waals surface area contributed by atoms with Crippen LogP contribution in [0.5, 0.6) is 5.88 Å². The molecule has 35 heavy (non-hydrogen) atoms. The van der Waals surface area contributed by atoms with Crippen LogP contribution >= 0.6 is 11.3 Å². The van der Waals surface area contributed by atoms with Crippen LogP contribution in [0.3, 0.4) is 0 Å². The van der Waals surface area contributed by atoms with Gasteiger partial charge in [-0.25, -0.2) is 22.9 Å². The van der Waals surface area contributed by atoms with Gasteiger partial charge in [-0.2, -0.15) is 0 Å². The molecule has 0 saturated heterocycles. The van der Waals surface area contributed by atoms with Gasteiger partial charge in [-0.05, 0) is 43.2 Å². The van der Waals surface area contributed by atoms with Gasteiger partial charge in [-0.1, -0.05) is 12.1 Å². The van der Waals surface area contributed by atoms with Crippen LogP contribution in [0.2, 0.25) is 0 Å². The minimum Gasteiger partial charge on any atom is -0.494 e.